The van der Waals surface area contributed by atoms with Crippen LogP contribution in [0.3, 0.4) is 0 Å². The summed E-state index contributed by atoms with van der Waals surface area (Å²) < 4.78 is 5.24. The van der Waals surface area contributed by atoms with E-state index in [0.717, 1.165) is 5.56 Å². The zero-order valence-electron chi connectivity index (χ0n) is 18.8. The van der Waals surface area contributed by atoms with Crippen LogP contribution in [0.25, 0.3) is 0 Å². The molecule has 2 heterocycles. The molecule has 8 heteroatoms. The predicted octanol–water partition coefficient (Wildman–Crippen LogP) is 3.92. The minimum atomic E-state index is -1.26. The van der Waals surface area contributed by atoms with Gasteiger partial charge in [-0.3, -0.25) is 24.2 Å². The van der Waals surface area contributed by atoms with Gasteiger partial charge in [-0.15, -0.1) is 11.8 Å². The normalized spacial score (nSPS) is 19.0. The number of hydrogen-bond acceptors (Lipinski definition) is 5. The van der Waals surface area contributed by atoms with E-state index >= 15 is 0 Å². The second kappa shape index (κ2) is 8.53. The third-order valence-electron chi connectivity index (χ3n) is 6.03. The number of amides is 3. The van der Waals surface area contributed by atoms with Crippen molar-refractivity contribution in [2.24, 2.45) is 0 Å². The van der Waals surface area contributed by atoms with Crippen molar-refractivity contribution in [3.63, 3.8) is 0 Å². The van der Waals surface area contributed by atoms with Crippen LogP contribution < -0.4 is 19.9 Å². The van der Waals surface area contributed by atoms with Gasteiger partial charge in [0.25, 0.3) is 5.91 Å². The number of aryl methyl sites for hydroxylation is 1. The summed E-state index contributed by atoms with van der Waals surface area (Å²) in [5.74, 6) is 0.0397. The molecule has 0 bridgehead atoms. The number of hydrogen-bond donors (Lipinski definition) is 1. The van der Waals surface area contributed by atoms with Gasteiger partial charge in [0.2, 0.25) is 16.7 Å². The molecule has 1 N–H and O–H groups in total. The molecule has 0 unspecified atom stereocenters. The lowest BCUT2D eigenvalue weighted by atomic mass is 10.0. The van der Waals surface area contributed by atoms with Gasteiger partial charge in [-0.05, 0) is 49.4 Å². The first-order chi connectivity index (χ1) is 16.4. The fourth-order valence-corrected chi connectivity index (χ4v) is 5.78. The van der Waals surface area contributed by atoms with E-state index in [1.807, 2.05) is 55.5 Å². The average molecular weight is 474 g/mol. The van der Waals surface area contributed by atoms with Crippen molar-refractivity contribution in [2.75, 3.05) is 34.5 Å². The van der Waals surface area contributed by atoms with Crippen LogP contribution in [0, 0.1) is 6.92 Å². The molecule has 0 aromatic heterocycles. The quantitative estimate of drug-likeness (QED) is 0.608. The zero-order chi connectivity index (χ0) is 23.9. The van der Waals surface area contributed by atoms with Gasteiger partial charge in [-0.25, -0.2) is 0 Å². The van der Waals surface area contributed by atoms with E-state index in [1.165, 1.54) is 16.7 Å². The molecule has 3 amide bonds. The first-order valence-corrected chi connectivity index (χ1v) is 11.8. The summed E-state index contributed by atoms with van der Waals surface area (Å²) in [6.45, 7) is 1.82. The second-order valence-electron chi connectivity index (χ2n) is 8.18. The number of ether oxygens (including phenoxy) is 1. The number of benzene rings is 3. The number of carbonyl (C=O) groups is 3. The van der Waals surface area contributed by atoms with Crippen molar-refractivity contribution >= 4 is 46.5 Å². The van der Waals surface area contributed by atoms with Crippen molar-refractivity contribution in [2.45, 2.75) is 11.8 Å². The Morgan fingerprint density at radius 1 is 1.03 bits per heavy atom. The lowest BCUT2D eigenvalue weighted by molar-refractivity contribution is -0.124. The number of nitrogens with one attached hydrogen (secondary N) is 1. The van der Waals surface area contributed by atoms with E-state index in [4.69, 9.17) is 4.74 Å². The molecule has 5 rings (SSSR count). The van der Waals surface area contributed by atoms with Gasteiger partial charge < -0.3 is 10.1 Å². The second-order valence-corrected chi connectivity index (χ2v) is 9.35. The zero-order valence-corrected chi connectivity index (χ0v) is 19.6. The fourth-order valence-electron chi connectivity index (χ4n) is 4.42. The lowest BCUT2D eigenvalue weighted by Crippen LogP contribution is -2.50. The van der Waals surface area contributed by atoms with Crippen molar-refractivity contribution in [3.05, 3.63) is 83.9 Å². The number of fused-ring (bicyclic) bond motifs is 2. The molecule has 1 atom stereocenters. The van der Waals surface area contributed by atoms with Crippen molar-refractivity contribution in [3.8, 4) is 5.75 Å². The molecular formula is C26H23N3O4S. The molecule has 172 valence electrons. The van der Waals surface area contributed by atoms with Crippen LogP contribution in [-0.4, -0.2) is 37.1 Å². The molecule has 0 radical (unpaired) electrons. The maximum absolute atomic E-state index is 14.0. The van der Waals surface area contributed by atoms with E-state index in [2.05, 4.69) is 5.32 Å². The number of nitrogens with zero attached hydrogens (tertiary/aromatic N) is 2. The highest BCUT2D eigenvalue weighted by molar-refractivity contribution is 8.02. The summed E-state index contributed by atoms with van der Waals surface area (Å²) in [5.41, 5.74) is 3.69. The summed E-state index contributed by atoms with van der Waals surface area (Å²) in [5, 5.41) is 2.86. The number of para-hydroxylation sites is 1. The highest BCUT2D eigenvalue weighted by atomic mass is 32.2. The van der Waals surface area contributed by atoms with Crippen LogP contribution in [0.15, 0.2) is 72.8 Å². The van der Waals surface area contributed by atoms with Gasteiger partial charge in [0.1, 0.15) is 12.3 Å². The topological polar surface area (TPSA) is 79.0 Å². The summed E-state index contributed by atoms with van der Waals surface area (Å²) >= 11 is 1.28. The van der Waals surface area contributed by atoms with Gasteiger partial charge in [-0.2, -0.15) is 0 Å². The smallest absolute Gasteiger partial charge is 0.269 e. The van der Waals surface area contributed by atoms with Crippen LogP contribution in [0.5, 0.6) is 5.75 Å². The van der Waals surface area contributed by atoms with Gasteiger partial charge in [0, 0.05) is 16.9 Å². The van der Waals surface area contributed by atoms with Crippen LogP contribution in [0.1, 0.15) is 11.1 Å². The molecule has 0 aliphatic carbocycles. The standard InChI is InChI=1S/C26H23N3O4S/c1-17-7-9-18(10-8-17)27-23(30)15-28-22-6-4-3-5-21(22)26(25(28)32)29(24(31)16-34-26)19-11-13-20(33-2)14-12-19/h3-14H,15-16H2,1-2H3,(H,27,30)/t26-/m1/s1. The Kier molecular flexibility index (Phi) is 5.53. The monoisotopic (exact) mass is 473 g/mol. The van der Waals surface area contributed by atoms with E-state index in [9.17, 15) is 14.4 Å². The molecule has 2 aliphatic rings. The maximum atomic E-state index is 14.0. The molecule has 1 spiro atoms. The Morgan fingerprint density at radius 2 is 1.74 bits per heavy atom. The molecule has 0 saturated carbocycles. The van der Waals surface area contributed by atoms with Gasteiger partial charge in [-0.1, -0.05) is 35.9 Å². The summed E-state index contributed by atoms with van der Waals surface area (Å²) in [4.78, 5) is 41.7. The first-order valence-electron chi connectivity index (χ1n) is 10.8. The van der Waals surface area contributed by atoms with Gasteiger partial charge in [0.15, 0.2) is 0 Å². The van der Waals surface area contributed by atoms with Crippen LogP contribution >= 0.6 is 11.8 Å². The highest BCUT2D eigenvalue weighted by Crippen LogP contribution is 2.55. The van der Waals surface area contributed by atoms with Crippen LogP contribution in [0.2, 0.25) is 0 Å². The maximum Gasteiger partial charge on any atom is 0.269 e. The minimum Gasteiger partial charge on any atom is -0.497 e. The first kappa shape index (κ1) is 22.0. The Labute approximate surface area is 201 Å². The van der Waals surface area contributed by atoms with Crippen LogP contribution in [-0.2, 0) is 19.3 Å². The Morgan fingerprint density at radius 3 is 2.44 bits per heavy atom. The van der Waals surface area contributed by atoms with Crippen molar-refractivity contribution < 1.29 is 19.1 Å². The molecule has 34 heavy (non-hydrogen) atoms. The van der Waals surface area contributed by atoms with Crippen molar-refractivity contribution in [1.29, 1.82) is 0 Å². The third kappa shape index (κ3) is 3.51. The van der Waals surface area contributed by atoms with E-state index in [1.54, 1.807) is 36.3 Å². The minimum absolute atomic E-state index is 0.156. The third-order valence-corrected chi connectivity index (χ3v) is 7.42. The highest BCUT2D eigenvalue weighted by Gasteiger charge is 2.61. The number of anilines is 3. The molecule has 3 aromatic carbocycles. The molecule has 1 fully saturated rings. The van der Waals surface area contributed by atoms with E-state index < -0.39 is 4.87 Å². The number of thioether (sulfide) groups is 1. The average Bonchev–Trinajstić information content (AvgIpc) is 3.31. The van der Waals surface area contributed by atoms with Gasteiger partial charge >= 0.3 is 0 Å². The Hall–Kier alpha value is -3.78. The summed E-state index contributed by atoms with van der Waals surface area (Å²) in [6.07, 6.45) is 0. The van der Waals surface area contributed by atoms with E-state index in [-0.39, 0.29) is 30.0 Å². The molecule has 3 aromatic rings. The fraction of sp³-hybridized carbons (Fsp3) is 0.192. The van der Waals surface area contributed by atoms with Crippen molar-refractivity contribution in [1.82, 2.24) is 0 Å². The van der Waals surface area contributed by atoms with Crippen LogP contribution in [0.4, 0.5) is 17.1 Å². The number of rotatable bonds is 5. The Bertz CT molecular complexity index is 1280. The molecule has 2 aliphatic heterocycles. The summed E-state index contributed by atoms with van der Waals surface area (Å²) in [7, 11) is 1.57. The molecule has 7 nitrogen and oxygen atoms in total. The molecule has 1 saturated heterocycles. The SMILES string of the molecule is COc1ccc(N2C(=O)CS[C@]23C(=O)N(CC(=O)Nc2ccc(C)cc2)c2ccccc23)cc1. The lowest BCUT2D eigenvalue weighted by Gasteiger charge is -2.33. The van der Waals surface area contributed by atoms with E-state index in [0.29, 0.717) is 28.4 Å². The number of carbonyl (C=O) groups excluding carboxylic acids is 3. The Balaban J connectivity index is 1.50. The largest absolute Gasteiger partial charge is 0.497 e. The van der Waals surface area contributed by atoms with Gasteiger partial charge in [0.05, 0.1) is 18.6 Å². The molecular weight excluding hydrogens is 450 g/mol. The summed E-state index contributed by atoms with van der Waals surface area (Å²) in [6, 6.07) is 21.9. The predicted molar refractivity (Wildman–Crippen MR) is 133 cm³/mol. The number of methoxy groups -OCH3 is 1.